The highest BCUT2D eigenvalue weighted by Gasteiger charge is 2.09. The van der Waals surface area contributed by atoms with Crippen LogP contribution in [0.25, 0.3) is 5.52 Å². The molecule has 2 N–H and O–H groups in total. The third kappa shape index (κ3) is 1.79. The molecule has 0 saturated carbocycles. The molecule has 0 atom stereocenters. The summed E-state index contributed by atoms with van der Waals surface area (Å²) in [5.41, 5.74) is 7.95. The van der Waals surface area contributed by atoms with E-state index in [0.29, 0.717) is 6.54 Å². The predicted octanol–water partition coefficient (Wildman–Crippen LogP) is 2.16. The highest BCUT2D eigenvalue weighted by molar-refractivity contribution is 9.10. The Morgan fingerprint density at radius 1 is 1.47 bits per heavy atom. The lowest BCUT2D eigenvalue weighted by atomic mass is 10.2. The van der Waals surface area contributed by atoms with E-state index in [1.807, 2.05) is 6.07 Å². The molecule has 15 heavy (non-hydrogen) atoms. The number of fused-ring (bicyclic) bond motifs is 1. The molecule has 2 heterocycles. The minimum absolute atomic E-state index is 0.665. The van der Waals surface area contributed by atoms with Gasteiger partial charge in [0.25, 0.3) is 0 Å². The van der Waals surface area contributed by atoms with E-state index in [0.717, 1.165) is 28.8 Å². The van der Waals surface area contributed by atoms with Gasteiger partial charge in [-0.25, -0.2) is 4.98 Å². The number of halogens is 1. The predicted molar refractivity (Wildman–Crippen MR) is 65.0 cm³/mol. The van der Waals surface area contributed by atoms with Crippen LogP contribution in [0.1, 0.15) is 18.4 Å². The summed E-state index contributed by atoms with van der Waals surface area (Å²) in [6.07, 6.45) is 1.81. The lowest BCUT2D eigenvalue weighted by Gasteiger charge is -2.06. The van der Waals surface area contributed by atoms with Crippen LogP contribution in [0.15, 0.2) is 22.8 Å². The van der Waals surface area contributed by atoms with E-state index in [4.69, 9.17) is 5.73 Å². The van der Waals surface area contributed by atoms with E-state index in [1.165, 1.54) is 5.69 Å². The van der Waals surface area contributed by atoms with Crippen LogP contribution < -0.4 is 5.73 Å². The van der Waals surface area contributed by atoms with E-state index in [2.05, 4.69) is 44.4 Å². The Morgan fingerprint density at radius 3 is 2.93 bits per heavy atom. The summed E-state index contributed by atoms with van der Waals surface area (Å²) >= 11 is 3.48. The molecule has 2 aromatic heterocycles. The number of hydrogen-bond acceptors (Lipinski definition) is 2. The number of nitrogens with zero attached hydrogens (tertiary/aromatic N) is 2. The van der Waals surface area contributed by atoms with E-state index in [1.54, 1.807) is 0 Å². The fourth-order valence-electron chi connectivity index (χ4n) is 1.82. The Morgan fingerprint density at radius 2 is 2.27 bits per heavy atom. The monoisotopic (exact) mass is 267 g/mol. The van der Waals surface area contributed by atoms with Crippen LogP contribution in [0.5, 0.6) is 0 Å². The van der Waals surface area contributed by atoms with Gasteiger partial charge in [0, 0.05) is 18.5 Å². The minimum atomic E-state index is 0.665. The topological polar surface area (TPSA) is 43.3 Å². The maximum atomic E-state index is 5.60. The summed E-state index contributed by atoms with van der Waals surface area (Å²) in [7, 11) is 0. The number of aromatic nitrogens is 2. The zero-order valence-electron chi connectivity index (χ0n) is 8.70. The molecule has 0 unspecified atom stereocenters. The first-order valence-corrected chi connectivity index (χ1v) is 5.92. The molecule has 3 nitrogen and oxygen atoms in total. The van der Waals surface area contributed by atoms with Crippen molar-refractivity contribution >= 4 is 21.4 Å². The molecule has 0 saturated heterocycles. The van der Waals surface area contributed by atoms with Gasteiger partial charge in [-0.2, -0.15) is 0 Å². The summed E-state index contributed by atoms with van der Waals surface area (Å²) < 4.78 is 3.11. The second-order valence-electron chi connectivity index (χ2n) is 3.45. The largest absolute Gasteiger partial charge is 0.330 e. The molecule has 0 radical (unpaired) electrons. The fourth-order valence-corrected chi connectivity index (χ4v) is 2.33. The van der Waals surface area contributed by atoms with Gasteiger partial charge in [-0.1, -0.05) is 13.0 Å². The van der Waals surface area contributed by atoms with E-state index < -0.39 is 0 Å². The fraction of sp³-hybridized carbons (Fsp3) is 0.364. The van der Waals surface area contributed by atoms with Crippen molar-refractivity contribution in [2.45, 2.75) is 19.8 Å². The van der Waals surface area contributed by atoms with Gasteiger partial charge in [0.2, 0.25) is 0 Å². The summed E-state index contributed by atoms with van der Waals surface area (Å²) in [5, 5.41) is 0. The molecular weight excluding hydrogens is 254 g/mol. The standard InChI is InChI=1S/C11H14BrN3/c1-2-10-14-11(12)9-5-3-4-8(6-7-13)15(9)10/h3-5H,2,6-7,13H2,1H3. The van der Waals surface area contributed by atoms with Gasteiger partial charge >= 0.3 is 0 Å². The molecule has 80 valence electrons. The van der Waals surface area contributed by atoms with Gasteiger partial charge < -0.3 is 5.73 Å². The average molecular weight is 268 g/mol. The number of aryl methyl sites for hydroxylation is 1. The summed E-state index contributed by atoms with van der Waals surface area (Å²) in [4.78, 5) is 4.49. The van der Waals surface area contributed by atoms with Crippen LogP contribution in [0, 0.1) is 0 Å². The number of rotatable bonds is 3. The van der Waals surface area contributed by atoms with Gasteiger partial charge in [0.1, 0.15) is 10.4 Å². The van der Waals surface area contributed by atoms with Gasteiger partial charge in [-0.15, -0.1) is 0 Å². The third-order valence-electron chi connectivity index (χ3n) is 2.48. The Labute approximate surface area is 97.4 Å². The van der Waals surface area contributed by atoms with Crippen LogP contribution in [-0.4, -0.2) is 15.9 Å². The quantitative estimate of drug-likeness (QED) is 0.927. The van der Waals surface area contributed by atoms with Crippen LogP contribution in [0.4, 0.5) is 0 Å². The SMILES string of the molecule is CCc1nc(Br)c2cccc(CCN)n12. The normalized spacial score (nSPS) is 11.1. The second kappa shape index (κ2) is 4.33. The van der Waals surface area contributed by atoms with Gasteiger partial charge in [-0.3, -0.25) is 4.40 Å². The van der Waals surface area contributed by atoms with Crippen molar-refractivity contribution in [3.8, 4) is 0 Å². The van der Waals surface area contributed by atoms with Gasteiger partial charge in [-0.05, 0) is 34.6 Å². The molecule has 0 aliphatic heterocycles. The lowest BCUT2D eigenvalue weighted by molar-refractivity contribution is 0.843. The van der Waals surface area contributed by atoms with Crippen molar-refractivity contribution in [1.82, 2.24) is 9.38 Å². The second-order valence-corrected chi connectivity index (χ2v) is 4.20. The Hall–Kier alpha value is -0.870. The number of nitrogens with two attached hydrogens (primary N) is 1. The molecule has 0 amide bonds. The first kappa shape index (κ1) is 10.6. The maximum absolute atomic E-state index is 5.60. The maximum Gasteiger partial charge on any atom is 0.132 e. The molecule has 0 bridgehead atoms. The summed E-state index contributed by atoms with van der Waals surface area (Å²) in [6, 6.07) is 6.22. The Kier molecular flexibility index (Phi) is 3.07. The van der Waals surface area contributed by atoms with Gasteiger partial charge in [0.15, 0.2) is 0 Å². The van der Waals surface area contributed by atoms with Crippen LogP contribution >= 0.6 is 15.9 Å². The van der Waals surface area contributed by atoms with E-state index >= 15 is 0 Å². The first-order valence-electron chi connectivity index (χ1n) is 5.12. The lowest BCUT2D eigenvalue weighted by Crippen LogP contribution is -2.08. The third-order valence-corrected chi connectivity index (χ3v) is 3.07. The molecule has 0 fully saturated rings. The summed E-state index contributed by atoms with van der Waals surface area (Å²) in [5.74, 6) is 1.08. The number of hydrogen-bond donors (Lipinski definition) is 1. The molecule has 0 aliphatic rings. The van der Waals surface area contributed by atoms with Crippen LogP contribution in [-0.2, 0) is 12.8 Å². The van der Waals surface area contributed by atoms with Crippen molar-refractivity contribution < 1.29 is 0 Å². The summed E-state index contributed by atoms with van der Waals surface area (Å²) in [6.45, 7) is 2.78. The van der Waals surface area contributed by atoms with Crippen molar-refractivity contribution in [3.05, 3.63) is 34.3 Å². The van der Waals surface area contributed by atoms with E-state index in [9.17, 15) is 0 Å². The molecular formula is C11H14BrN3. The number of imidazole rings is 1. The molecule has 0 aliphatic carbocycles. The Balaban J connectivity index is 2.70. The van der Waals surface area contributed by atoms with Crippen molar-refractivity contribution in [2.24, 2.45) is 5.73 Å². The highest BCUT2D eigenvalue weighted by Crippen LogP contribution is 2.21. The molecule has 2 aromatic rings. The van der Waals surface area contributed by atoms with Crippen LogP contribution in [0.3, 0.4) is 0 Å². The van der Waals surface area contributed by atoms with Gasteiger partial charge in [0.05, 0.1) is 5.52 Å². The smallest absolute Gasteiger partial charge is 0.132 e. The van der Waals surface area contributed by atoms with Crippen molar-refractivity contribution in [3.63, 3.8) is 0 Å². The number of pyridine rings is 1. The average Bonchev–Trinajstić information content (AvgIpc) is 2.58. The molecule has 4 heteroatoms. The minimum Gasteiger partial charge on any atom is -0.330 e. The zero-order chi connectivity index (χ0) is 10.8. The van der Waals surface area contributed by atoms with E-state index in [-0.39, 0.29) is 0 Å². The highest BCUT2D eigenvalue weighted by atomic mass is 79.9. The Bertz CT molecular complexity index is 476. The van der Waals surface area contributed by atoms with Crippen LogP contribution in [0.2, 0.25) is 0 Å². The first-order chi connectivity index (χ1) is 7.27. The zero-order valence-corrected chi connectivity index (χ0v) is 10.3. The van der Waals surface area contributed by atoms with Crippen molar-refractivity contribution in [2.75, 3.05) is 6.54 Å². The molecule has 0 spiro atoms. The molecule has 0 aromatic carbocycles. The van der Waals surface area contributed by atoms with Crippen molar-refractivity contribution in [1.29, 1.82) is 0 Å². The molecule has 2 rings (SSSR count).